The minimum absolute atomic E-state index is 0.339. The van der Waals surface area contributed by atoms with Crippen molar-refractivity contribution < 1.29 is 0 Å². The van der Waals surface area contributed by atoms with Gasteiger partial charge in [0.15, 0.2) is 0 Å². The third-order valence-electron chi connectivity index (χ3n) is 4.47. The molecule has 0 aromatic heterocycles. The summed E-state index contributed by atoms with van der Waals surface area (Å²) in [6, 6.07) is 22.0. The van der Waals surface area contributed by atoms with Gasteiger partial charge in [-0.3, -0.25) is 0 Å². The molecule has 0 amide bonds. The average Bonchev–Trinajstić information content (AvgIpc) is 2.95. The lowest BCUT2D eigenvalue weighted by Crippen LogP contribution is -1.95. The van der Waals surface area contributed by atoms with E-state index in [1.165, 1.54) is 38.6 Å². The first-order valence-corrected chi connectivity index (χ1v) is 10.8. The first kappa shape index (κ1) is 14.3. The van der Waals surface area contributed by atoms with Gasteiger partial charge in [-0.2, -0.15) is 0 Å². The Balaban J connectivity index is 1.93. The van der Waals surface area contributed by atoms with E-state index in [9.17, 15) is 0 Å². The first-order chi connectivity index (χ1) is 11.2. The summed E-state index contributed by atoms with van der Waals surface area (Å²) in [6.45, 7) is 4.69. The number of fused-ring (bicyclic) bond motifs is 2. The monoisotopic (exact) mass is 312 g/mol. The van der Waals surface area contributed by atoms with Gasteiger partial charge < -0.3 is 0 Å². The summed E-state index contributed by atoms with van der Waals surface area (Å²) in [4.78, 5) is 0. The quantitative estimate of drug-likeness (QED) is 0.541. The largest absolute Gasteiger partial charge is 0.0788 e. The Bertz CT molecular complexity index is 951. The SMILES string of the molecule is C[Si](C)=CC1=Cc2c(cccc2-c2cccc3ccccc23)C1. The predicted molar refractivity (Wildman–Crippen MR) is 105 cm³/mol. The van der Waals surface area contributed by atoms with Crippen molar-refractivity contribution in [3.63, 3.8) is 0 Å². The van der Waals surface area contributed by atoms with Crippen LogP contribution in [0.15, 0.2) is 66.2 Å². The predicted octanol–water partition coefficient (Wildman–Crippen LogP) is 5.58. The number of hydrogen-bond donors (Lipinski definition) is 0. The van der Waals surface area contributed by atoms with Crippen LogP contribution >= 0.6 is 0 Å². The molecule has 4 rings (SSSR count). The Kier molecular flexibility index (Phi) is 3.59. The van der Waals surface area contributed by atoms with E-state index in [-0.39, 0.29) is 8.41 Å². The van der Waals surface area contributed by atoms with Crippen LogP contribution in [0.5, 0.6) is 0 Å². The molecule has 1 aliphatic rings. The van der Waals surface area contributed by atoms with Crippen molar-refractivity contribution >= 4 is 30.9 Å². The highest BCUT2D eigenvalue weighted by Gasteiger charge is 2.16. The van der Waals surface area contributed by atoms with E-state index in [0.717, 1.165) is 6.42 Å². The number of benzene rings is 3. The highest BCUT2D eigenvalue weighted by Crippen LogP contribution is 2.36. The smallest absolute Gasteiger partial charge is 0.00358 e. The van der Waals surface area contributed by atoms with Crippen molar-refractivity contribution in [2.75, 3.05) is 0 Å². The Hall–Kier alpha value is -2.25. The minimum atomic E-state index is -0.339. The molecule has 0 nitrogen and oxygen atoms in total. The normalized spacial score (nSPS) is 12.9. The van der Waals surface area contributed by atoms with E-state index in [4.69, 9.17) is 0 Å². The average molecular weight is 312 g/mol. The van der Waals surface area contributed by atoms with Crippen LogP contribution in [0.2, 0.25) is 13.1 Å². The van der Waals surface area contributed by atoms with Crippen LogP contribution in [-0.4, -0.2) is 14.1 Å². The standard InChI is InChI=1S/C22H20Si/c1-23(2)15-16-13-18-9-6-12-21(22(18)14-16)20-11-5-8-17-7-3-4-10-19(17)20/h3-12,14-15H,13H2,1-2H3. The van der Waals surface area contributed by atoms with Crippen LogP contribution in [0.1, 0.15) is 11.1 Å². The molecule has 0 N–H and O–H groups in total. The van der Waals surface area contributed by atoms with Crippen molar-refractivity contribution in [1.82, 2.24) is 0 Å². The number of hydrogen-bond acceptors (Lipinski definition) is 0. The van der Waals surface area contributed by atoms with Gasteiger partial charge in [0, 0.05) is 8.41 Å². The molecule has 1 heteroatoms. The van der Waals surface area contributed by atoms with Crippen LogP contribution in [0, 0.1) is 0 Å². The van der Waals surface area contributed by atoms with Crippen LogP contribution in [-0.2, 0) is 6.42 Å². The van der Waals surface area contributed by atoms with Gasteiger partial charge >= 0.3 is 0 Å². The molecule has 0 heterocycles. The van der Waals surface area contributed by atoms with Crippen molar-refractivity contribution in [2.24, 2.45) is 0 Å². The lowest BCUT2D eigenvalue weighted by atomic mass is 9.93. The van der Waals surface area contributed by atoms with Gasteiger partial charge in [0.1, 0.15) is 0 Å². The van der Waals surface area contributed by atoms with Crippen molar-refractivity contribution in [3.05, 3.63) is 77.4 Å². The lowest BCUT2D eigenvalue weighted by molar-refractivity contribution is 1.28. The van der Waals surface area contributed by atoms with Gasteiger partial charge in [0.2, 0.25) is 0 Å². The van der Waals surface area contributed by atoms with Crippen molar-refractivity contribution in [3.8, 4) is 11.1 Å². The Morgan fingerprint density at radius 2 is 1.57 bits per heavy atom. The van der Waals surface area contributed by atoms with Gasteiger partial charge in [0.05, 0.1) is 0 Å². The van der Waals surface area contributed by atoms with Gasteiger partial charge in [-0.1, -0.05) is 85.5 Å². The molecule has 3 aromatic rings. The van der Waals surface area contributed by atoms with E-state index >= 15 is 0 Å². The zero-order valence-corrected chi connectivity index (χ0v) is 14.6. The molecule has 0 radical (unpaired) electrons. The molecule has 0 fully saturated rings. The number of rotatable bonds is 2. The molecule has 0 bridgehead atoms. The van der Waals surface area contributed by atoms with Gasteiger partial charge in [-0.05, 0) is 45.0 Å². The molecule has 112 valence electrons. The maximum atomic E-state index is 2.48. The van der Waals surface area contributed by atoms with E-state index in [0.29, 0.717) is 0 Å². The summed E-state index contributed by atoms with van der Waals surface area (Å²) in [5.74, 6) is 0. The second-order valence-electron chi connectivity index (χ2n) is 6.52. The summed E-state index contributed by atoms with van der Waals surface area (Å²) >= 11 is 0. The summed E-state index contributed by atoms with van der Waals surface area (Å²) in [5.41, 5.74) is 9.56. The fraction of sp³-hybridized carbons (Fsp3) is 0.136. The van der Waals surface area contributed by atoms with Crippen molar-refractivity contribution in [1.29, 1.82) is 0 Å². The summed E-state index contributed by atoms with van der Waals surface area (Å²) in [5, 5.41) is 2.65. The van der Waals surface area contributed by atoms with Gasteiger partial charge in [-0.15, -0.1) is 0 Å². The maximum absolute atomic E-state index is 2.48. The molecule has 0 spiro atoms. The second-order valence-corrected chi connectivity index (χ2v) is 8.97. The Morgan fingerprint density at radius 3 is 2.43 bits per heavy atom. The molecule has 3 aromatic carbocycles. The van der Waals surface area contributed by atoms with E-state index in [1.54, 1.807) is 0 Å². The molecule has 0 aliphatic heterocycles. The van der Waals surface area contributed by atoms with Crippen LogP contribution in [0.4, 0.5) is 0 Å². The van der Waals surface area contributed by atoms with Crippen LogP contribution in [0.25, 0.3) is 28.0 Å². The Morgan fingerprint density at radius 1 is 0.826 bits per heavy atom. The summed E-state index contributed by atoms with van der Waals surface area (Å²) < 4.78 is 0. The second kappa shape index (κ2) is 5.75. The topological polar surface area (TPSA) is 0 Å². The minimum Gasteiger partial charge on any atom is -0.0788 e. The van der Waals surface area contributed by atoms with Gasteiger partial charge in [-0.25, -0.2) is 0 Å². The lowest BCUT2D eigenvalue weighted by Gasteiger charge is -2.11. The molecule has 1 aliphatic carbocycles. The van der Waals surface area contributed by atoms with Crippen LogP contribution in [0.3, 0.4) is 0 Å². The third-order valence-corrected chi connectivity index (χ3v) is 5.42. The fourth-order valence-electron chi connectivity index (χ4n) is 3.55. The number of allylic oxidation sites excluding steroid dienone is 1. The molecule has 0 saturated carbocycles. The van der Waals surface area contributed by atoms with Crippen molar-refractivity contribution in [2.45, 2.75) is 19.5 Å². The van der Waals surface area contributed by atoms with E-state index in [1.807, 2.05) is 0 Å². The summed E-state index contributed by atoms with van der Waals surface area (Å²) in [7, 11) is -0.339. The molecule has 23 heavy (non-hydrogen) atoms. The van der Waals surface area contributed by atoms with E-state index < -0.39 is 0 Å². The van der Waals surface area contributed by atoms with Gasteiger partial charge in [0.25, 0.3) is 0 Å². The Labute approximate surface area is 139 Å². The highest BCUT2D eigenvalue weighted by atomic mass is 28.2. The maximum Gasteiger partial charge on any atom is 0.00358 e. The highest BCUT2D eigenvalue weighted by molar-refractivity contribution is 6.66. The third kappa shape index (κ3) is 2.62. The van der Waals surface area contributed by atoms with Crippen LogP contribution < -0.4 is 0 Å². The summed E-state index contributed by atoms with van der Waals surface area (Å²) in [6.07, 6.45) is 3.49. The molecular formula is C22H20Si. The molecule has 0 saturated heterocycles. The zero-order valence-electron chi connectivity index (χ0n) is 13.6. The molecular weight excluding hydrogens is 292 g/mol. The molecule has 0 unspecified atom stereocenters. The first-order valence-electron chi connectivity index (χ1n) is 8.18. The fourth-order valence-corrected chi connectivity index (χ4v) is 4.48. The molecule has 0 atom stereocenters. The zero-order chi connectivity index (χ0) is 15.8. The van der Waals surface area contributed by atoms with E-state index in [2.05, 4.69) is 85.5 Å².